The summed E-state index contributed by atoms with van der Waals surface area (Å²) in [5.41, 5.74) is 0. The Labute approximate surface area is 433 Å². The molecular formula is C64H110O6. The van der Waals surface area contributed by atoms with Crippen molar-refractivity contribution in [3.63, 3.8) is 0 Å². The second-order valence-corrected chi connectivity index (χ2v) is 19.6. The minimum atomic E-state index is -0.796. The first kappa shape index (κ1) is 66.6. The van der Waals surface area contributed by atoms with Gasteiger partial charge in [0.15, 0.2) is 6.10 Å². The van der Waals surface area contributed by atoms with Crippen LogP contribution in [-0.2, 0) is 28.6 Å². The smallest absolute Gasteiger partial charge is 0.306 e. The van der Waals surface area contributed by atoms with Crippen LogP contribution in [0, 0.1) is 0 Å². The van der Waals surface area contributed by atoms with Gasteiger partial charge in [-0.1, -0.05) is 247 Å². The summed E-state index contributed by atoms with van der Waals surface area (Å²) in [7, 11) is 0. The lowest BCUT2D eigenvalue weighted by Crippen LogP contribution is -2.30. The van der Waals surface area contributed by atoms with E-state index in [1.54, 1.807) is 0 Å². The number of carbonyl (C=O) groups excluding carboxylic acids is 3. The van der Waals surface area contributed by atoms with Crippen molar-refractivity contribution in [3.05, 3.63) is 85.1 Å². The Kier molecular flexibility index (Phi) is 55.3. The fourth-order valence-corrected chi connectivity index (χ4v) is 8.14. The lowest BCUT2D eigenvalue weighted by atomic mass is 10.0. The number of esters is 3. The minimum Gasteiger partial charge on any atom is -0.462 e. The van der Waals surface area contributed by atoms with Crippen LogP contribution in [0.25, 0.3) is 0 Å². The SMILES string of the molecule is CCCCC/C=C\C/C=C\C/C=C\C/C=C\CCCCCC(=O)OC[C@@H](COC(=O)CCCCCCCCCCCCCCCC)OC(=O)CCCCCCCC/C=C\C/C=C\C/C=C\CCCCC. The lowest BCUT2D eigenvalue weighted by Gasteiger charge is -2.18. The Morgan fingerprint density at radius 2 is 0.514 bits per heavy atom. The topological polar surface area (TPSA) is 78.9 Å². The van der Waals surface area contributed by atoms with Crippen LogP contribution < -0.4 is 0 Å². The highest BCUT2D eigenvalue weighted by Crippen LogP contribution is 2.15. The lowest BCUT2D eigenvalue weighted by molar-refractivity contribution is -0.167. The molecule has 402 valence electrons. The van der Waals surface area contributed by atoms with E-state index in [9.17, 15) is 14.4 Å². The third-order valence-electron chi connectivity index (χ3n) is 12.6. The van der Waals surface area contributed by atoms with Crippen molar-refractivity contribution < 1.29 is 28.6 Å². The molecule has 70 heavy (non-hydrogen) atoms. The molecule has 0 aromatic carbocycles. The molecule has 0 fully saturated rings. The van der Waals surface area contributed by atoms with Gasteiger partial charge >= 0.3 is 17.9 Å². The molecule has 0 radical (unpaired) electrons. The molecule has 0 unspecified atom stereocenters. The molecule has 0 rings (SSSR count). The van der Waals surface area contributed by atoms with Crippen LogP contribution in [0.3, 0.4) is 0 Å². The standard InChI is InChI=1S/C64H110O6/c1-4-7-10-13-16-19-22-25-28-30-32-34-36-39-42-45-48-51-54-57-63(66)69-60-61(59-68-62(65)56-53-50-47-44-41-38-27-24-21-18-15-12-9-6-3)70-64(67)58-55-52-49-46-43-40-37-35-33-31-29-26-23-20-17-14-11-8-5-2/h16-17,19-20,25-26,28-29,32-35,39,42,61H,4-15,18,21-24,27,30-31,36-38,40-41,43-60H2,1-3H3/b19-16-,20-17-,28-25-,29-26-,34-32-,35-33-,42-39-/t61-/m1/s1. The molecule has 0 aliphatic rings. The molecule has 0 saturated heterocycles. The molecule has 0 aromatic rings. The molecule has 0 spiro atoms. The van der Waals surface area contributed by atoms with Crippen molar-refractivity contribution in [2.24, 2.45) is 0 Å². The summed E-state index contributed by atoms with van der Waals surface area (Å²) in [6, 6.07) is 0. The molecule has 0 saturated carbocycles. The maximum atomic E-state index is 12.9. The number of unbranched alkanes of at least 4 members (excludes halogenated alkanes) is 28. The summed E-state index contributed by atoms with van der Waals surface area (Å²) >= 11 is 0. The summed E-state index contributed by atoms with van der Waals surface area (Å²) in [5.74, 6) is -0.927. The van der Waals surface area contributed by atoms with Gasteiger partial charge in [-0.25, -0.2) is 0 Å². The highest BCUT2D eigenvalue weighted by atomic mass is 16.6. The van der Waals surface area contributed by atoms with Crippen molar-refractivity contribution in [2.75, 3.05) is 13.2 Å². The quantitative estimate of drug-likeness (QED) is 0.0261. The van der Waals surface area contributed by atoms with Gasteiger partial charge in [-0.15, -0.1) is 0 Å². The number of hydrogen-bond acceptors (Lipinski definition) is 6. The molecule has 0 aliphatic heterocycles. The van der Waals surface area contributed by atoms with Crippen LogP contribution in [-0.4, -0.2) is 37.2 Å². The maximum Gasteiger partial charge on any atom is 0.306 e. The van der Waals surface area contributed by atoms with Gasteiger partial charge in [-0.2, -0.15) is 0 Å². The Morgan fingerprint density at radius 1 is 0.286 bits per heavy atom. The van der Waals surface area contributed by atoms with E-state index in [-0.39, 0.29) is 31.1 Å². The van der Waals surface area contributed by atoms with Crippen LogP contribution in [0.2, 0.25) is 0 Å². The molecule has 0 aliphatic carbocycles. The highest BCUT2D eigenvalue weighted by molar-refractivity contribution is 5.71. The Hall–Kier alpha value is -3.41. The van der Waals surface area contributed by atoms with E-state index in [1.807, 2.05) is 0 Å². The zero-order valence-corrected chi connectivity index (χ0v) is 46.0. The van der Waals surface area contributed by atoms with E-state index in [4.69, 9.17) is 14.2 Å². The molecule has 6 nitrogen and oxygen atoms in total. The normalized spacial score (nSPS) is 12.7. The first-order chi connectivity index (χ1) is 34.5. The highest BCUT2D eigenvalue weighted by Gasteiger charge is 2.19. The van der Waals surface area contributed by atoms with E-state index < -0.39 is 6.10 Å². The number of carbonyl (C=O) groups is 3. The van der Waals surface area contributed by atoms with Crippen LogP contribution in [0.15, 0.2) is 85.1 Å². The van der Waals surface area contributed by atoms with E-state index in [0.717, 1.165) is 109 Å². The van der Waals surface area contributed by atoms with Crippen molar-refractivity contribution in [1.29, 1.82) is 0 Å². The zero-order valence-electron chi connectivity index (χ0n) is 46.0. The van der Waals surface area contributed by atoms with Gasteiger partial charge in [0.2, 0.25) is 0 Å². The van der Waals surface area contributed by atoms with Crippen molar-refractivity contribution >= 4 is 17.9 Å². The predicted molar refractivity (Wildman–Crippen MR) is 302 cm³/mol. The Bertz CT molecular complexity index is 1350. The number of ether oxygens (including phenoxy) is 3. The zero-order chi connectivity index (χ0) is 50.7. The minimum absolute atomic E-state index is 0.0905. The molecular weight excluding hydrogens is 865 g/mol. The second-order valence-electron chi connectivity index (χ2n) is 19.6. The predicted octanol–water partition coefficient (Wildman–Crippen LogP) is 19.9. The fraction of sp³-hybridized carbons (Fsp3) is 0.734. The average molecular weight is 976 g/mol. The summed E-state index contributed by atoms with van der Waals surface area (Å²) in [6.07, 6.45) is 75.6. The van der Waals surface area contributed by atoms with Gasteiger partial charge in [0.1, 0.15) is 13.2 Å². The third kappa shape index (κ3) is 55.5. The van der Waals surface area contributed by atoms with Crippen LogP contribution in [0.4, 0.5) is 0 Å². The van der Waals surface area contributed by atoms with Crippen molar-refractivity contribution in [1.82, 2.24) is 0 Å². The number of allylic oxidation sites excluding steroid dienone is 14. The van der Waals surface area contributed by atoms with Crippen molar-refractivity contribution in [2.45, 2.75) is 290 Å². The third-order valence-corrected chi connectivity index (χ3v) is 12.6. The van der Waals surface area contributed by atoms with E-state index in [1.165, 1.54) is 135 Å². The van der Waals surface area contributed by atoms with Gasteiger partial charge in [0.05, 0.1) is 0 Å². The molecule has 0 amide bonds. The average Bonchev–Trinajstić information content (AvgIpc) is 3.36. The van der Waals surface area contributed by atoms with Crippen LogP contribution in [0.1, 0.15) is 284 Å². The van der Waals surface area contributed by atoms with E-state index in [0.29, 0.717) is 19.3 Å². The number of rotatable bonds is 53. The van der Waals surface area contributed by atoms with Gasteiger partial charge in [0, 0.05) is 19.3 Å². The monoisotopic (exact) mass is 975 g/mol. The van der Waals surface area contributed by atoms with Gasteiger partial charge in [-0.3, -0.25) is 14.4 Å². The van der Waals surface area contributed by atoms with E-state index in [2.05, 4.69) is 106 Å². The van der Waals surface area contributed by atoms with Gasteiger partial charge in [0.25, 0.3) is 0 Å². The molecule has 0 heterocycles. The number of hydrogen-bond donors (Lipinski definition) is 0. The summed E-state index contributed by atoms with van der Waals surface area (Å²) in [6.45, 7) is 6.56. The summed E-state index contributed by atoms with van der Waals surface area (Å²) in [4.78, 5) is 38.2. The maximum absolute atomic E-state index is 12.9. The molecule has 6 heteroatoms. The molecule has 1 atom stereocenters. The van der Waals surface area contributed by atoms with E-state index >= 15 is 0 Å². The van der Waals surface area contributed by atoms with Gasteiger partial charge in [-0.05, 0) is 103 Å². The fourth-order valence-electron chi connectivity index (χ4n) is 8.14. The molecule has 0 aromatic heterocycles. The molecule has 0 N–H and O–H groups in total. The summed E-state index contributed by atoms with van der Waals surface area (Å²) < 4.78 is 16.9. The van der Waals surface area contributed by atoms with Crippen LogP contribution in [0.5, 0.6) is 0 Å². The van der Waals surface area contributed by atoms with Crippen molar-refractivity contribution in [3.8, 4) is 0 Å². The Balaban J connectivity index is 4.46. The molecule has 0 bridgehead atoms. The Morgan fingerprint density at radius 3 is 0.843 bits per heavy atom. The largest absolute Gasteiger partial charge is 0.462 e. The first-order valence-corrected chi connectivity index (χ1v) is 29.6. The second kappa shape index (κ2) is 58.2. The first-order valence-electron chi connectivity index (χ1n) is 29.6. The van der Waals surface area contributed by atoms with Crippen LogP contribution >= 0.6 is 0 Å². The van der Waals surface area contributed by atoms with Gasteiger partial charge < -0.3 is 14.2 Å². The summed E-state index contributed by atoms with van der Waals surface area (Å²) in [5, 5.41) is 0.